The molecule has 1 aromatic heterocycles. The van der Waals surface area contributed by atoms with Crippen LogP contribution in [0.2, 0.25) is 0 Å². The molecule has 2 heterocycles. The Morgan fingerprint density at radius 3 is 2.55 bits per heavy atom. The lowest BCUT2D eigenvalue weighted by atomic mass is 10.0. The Bertz CT molecular complexity index is 485. The van der Waals surface area contributed by atoms with E-state index in [2.05, 4.69) is 28.2 Å². The second kappa shape index (κ2) is 4.90. The van der Waals surface area contributed by atoms with Gasteiger partial charge in [-0.1, -0.05) is 6.42 Å². The third-order valence-electron chi connectivity index (χ3n) is 5.08. The van der Waals surface area contributed by atoms with Gasteiger partial charge < -0.3 is 10.2 Å². The van der Waals surface area contributed by atoms with Crippen LogP contribution in [0.1, 0.15) is 50.8 Å². The van der Waals surface area contributed by atoms with Crippen LogP contribution in [0.5, 0.6) is 0 Å². The molecule has 0 radical (unpaired) electrons. The lowest BCUT2D eigenvalue weighted by Crippen LogP contribution is -2.23. The van der Waals surface area contributed by atoms with E-state index in [1.54, 1.807) is 0 Å². The third-order valence-corrected chi connectivity index (χ3v) is 5.08. The van der Waals surface area contributed by atoms with Crippen molar-refractivity contribution in [2.24, 2.45) is 11.8 Å². The van der Waals surface area contributed by atoms with E-state index >= 15 is 0 Å². The van der Waals surface area contributed by atoms with Crippen LogP contribution >= 0.6 is 0 Å². The minimum absolute atomic E-state index is 0.620. The first kappa shape index (κ1) is 12.4. The molecule has 1 N–H and O–H groups in total. The maximum atomic E-state index is 4.86. The first-order valence-corrected chi connectivity index (χ1v) is 8.21. The Morgan fingerprint density at radius 1 is 1.15 bits per heavy atom. The molecule has 2 unspecified atom stereocenters. The molecule has 0 aromatic carbocycles. The maximum Gasteiger partial charge on any atom is 0.136 e. The number of hydrogen-bond acceptors (Lipinski definition) is 4. The molecule has 3 fully saturated rings. The SMILES string of the molecule is CCNc1cc(N2CC3CCCC3C2)nc(C2CC2)n1. The van der Waals surface area contributed by atoms with Crippen LogP contribution in [0.3, 0.4) is 0 Å². The maximum absolute atomic E-state index is 4.86. The Kier molecular flexibility index (Phi) is 3.04. The second-order valence-electron chi connectivity index (χ2n) is 6.63. The molecule has 4 heteroatoms. The van der Waals surface area contributed by atoms with Gasteiger partial charge >= 0.3 is 0 Å². The summed E-state index contributed by atoms with van der Waals surface area (Å²) in [5.41, 5.74) is 0. The fourth-order valence-electron chi connectivity index (χ4n) is 3.83. The number of aromatic nitrogens is 2. The molecule has 108 valence electrons. The van der Waals surface area contributed by atoms with Crippen molar-refractivity contribution in [3.8, 4) is 0 Å². The molecule has 2 saturated carbocycles. The molecular formula is C16H24N4. The molecule has 20 heavy (non-hydrogen) atoms. The normalized spacial score (nSPS) is 28.8. The van der Waals surface area contributed by atoms with Gasteiger partial charge in [-0.3, -0.25) is 0 Å². The van der Waals surface area contributed by atoms with Crippen molar-refractivity contribution < 1.29 is 0 Å². The molecule has 2 aliphatic carbocycles. The van der Waals surface area contributed by atoms with Gasteiger partial charge in [0.25, 0.3) is 0 Å². The molecule has 3 aliphatic rings. The Hall–Kier alpha value is -1.32. The van der Waals surface area contributed by atoms with Crippen LogP contribution in [-0.4, -0.2) is 29.6 Å². The average molecular weight is 272 g/mol. The second-order valence-corrected chi connectivity index (χ2v) is 6.63. The molecule has 0 bridgehead atoms. The summed E-state index contributed by atoms with van der Waals surface area (Å²) in [6, 6.07) is 2.15. The number of rotatable bonds is 4. The van der Waals surface area contributed by atoms with E-state index in [0.717, 1.165) is 35.8 Å². The van der Waals surface area contributed by atoms with Gasteiger partial charge in [0.15, 0.2) is 0 Å². The van der Waals surface area contributed by atoms with E-state index in [1.165, 1.54) is 45.2 Å². The van der Waals surface area contributed by atoms with Crippen LogP contribution in [0.4, 0.5) is 11.6 Å². The first-order valence-electron chi connectivity index (χ1n) is 8.21. The van der Waals surface area contributed by atoms with E-state index in [4.69, 9.17) is 4.98 Å². The molecule has 4 nitrogen and oxygen atoms in total. The molecule has 4 rings (SSSR count). The standard InChI is InChI=1S/C16H24N4/c1-2-17-14-8-15(19-16(18-14)11-6-7-11)20-9-12-4-3-5-13(12)10-20/h8,11-13H,2-7,9-10H2,1H3,(H,17,18,19). The van der Waals surface area contributed by atoms with Crippen LogP contribution in [-0.2, 0) is 0 Å². The predicted molar refractivity (Wildman–Crippen MR) is 81.2 cm³/mol. The largest absolute Gasteiger partial charge is 0.370 e. The molecule has 1 aromatic rings. The fraction of sp³-hybridized carbons (Fsp3) is 0.750. The minimum Gasteiger partial charge on any atom is -0.370 e. The topological polar surface area (TPSA) is 41.0 Å². The fourth-order valence-corrected chi connectivity index (χ4v) is 3.83. The van der Waals surface area contributed by atoms with Gasteiger partial charge in [0.1, 0.15) is 17.5 Å². The molecular weight excluding hydrogens is 248 g/mol. The summed E-state index contributed by atoms with van der Waals surface area (Å²) < 4.78 is 0. The predicted octanol–water partition coefficient (Wildman–Crippen LogP) is 3.02. The summed E-state index contributed by atoms with van der Waals surface area (Å²) in [4.78, 5) is 12.0. The monoisotopic (exact) mass is 272 g/mol. The summed E-state index contributed by atoms with van der Waals surface area (Å²) in [6.07, 6.45) is 6.80. The van der Waals surface area contributed by atoms with Crippen molar-refractivity contribution in [3.63, 3.8) is 0 Å². The van der Waals surface area contributed by atoms with Crippen molar-refractivity contribution in [1.29, 1.82) is 0 Å². The van der Waals surface area contributed by atoms with Crippen LogP contribution in [0.25, 0.3) is 0 Å². The van der Waals surface area contributed by atoms with Crippen molar-refractivity contribution in [1.82, 2.24) is 9.97 Å². The van der Waals surface area contributed by atoms with Crippen molar-refractivity contribution in [2.75, 3.05) is 29.9 Å². The zero-order valence-corrected chi connectivity index (χ0v) is 12.3. The van der Waals surface area contributed by atoms with Gasteiger partial charge in [-0.05, 0) is 44.4 Å². The number of nitrogens with one attached hydrogen (secondary N) is 1. The highest BCUT2D eigenvalue weighted by atomic mass is 15.2. The molecule has 2 atom stereocenters. The molecule has 0 spiro atoms. The molecule has 1 aliphatic heterocycles. The van der Waals surface area contributed by atoms with Crippen LogP contribution < -0.4 is 10.2 Å². The highest BCUT2D eigenvalue weighted by Crippen LogP contribution is 2.41. The van der Waals surface area contributed by atoms with Gasteiger partial charge in [0, 0.05) is 31.6 Å². The van der Waals surface area contributed by atoms with E-state index < -0.39 is 0 Å². The Labute approximate surface area is 121 Å². The summed E-state index contributed by atoms with van der Waals surface area (Å²) >= 11 is 0. The van der Waals surface area contributed by atoms with Crippen LogP contribution in [0, 0.1) is 11.8 Å². The lowest BCUT2D eigenvalue weighted by Gasteiger charge is -2.20. The van der Waals surface area contributed by atoms with Crippen molar-refractivity contribution >= 4 is 11.6 Å². The average Bonchev–Trinajstić information content (AvgIpc) is 3.07. The van der Waals surface area contributed by atoms with Crippen molar-refractivity contribution in [3.05, 3.63) is 11.9 Å². The van der Waals surface area contributed by atoms with Crippen molar-refractivity contribution in [2.45, 2.75) is 44.9 Å². The minimum atomic E-state index is 0.620. The third kappa shape index (κ3) is 2.25. The first-order chi connectivity index (χ1) is 9.83. The zero-order chi connectivity index (χ0) is 13.5. The molecule has 0 amide bonds. The number of hydrogen-bond donors (Lipinski definition) is 1. The summed E-state index contributed by atoms with van der Waals surface area (Å²) in [7, 11) is 0. The van der Waals surface area contributed by atoms with E-state index in [-0.39, 0.29) is 0 Å². The summed E-state index contributed by atoms with van der Waals surface area (Å²) in [6.45, 7) is 5.46. The highest BCUT2D eigenvalue weighted by Gasteiger charge is 2.37. The van der Waals surface area contributed by atoms with Gasteiger partial charge in [0.2, 0.25) is 0 Å². The smallest absolute Gasteiger partial charge is 0.136 e. The lowest BCUT2D eigenvalue weighted by molar-refractivity contribution is 0.494. The Balaban J connectivity index is 1.60. The van der Waals surface area contributed by atoms with Crippen LogP contribution in [0.15, 0.2) is 6.07 Å². The zero-order valence-electron chi connectivity index (χ0n) is 12.3. The number of nitrogens with zero attached hydrogens (tertiary/aromatic N) is 3. The molecule has 1 saturated heterocycles. The Morgan fingerprint density at radius 2 is 1.90 bits per heavy atom. The van der Waals surface area contributed by atoms with Gasteiger partial charge in [0.05, 0.1) is 0 Å². The number of fused-ring (bicyclic) bond motifs is 1. The quantitative estimate of drug-likeness (QED) is 0.914. The van der Waals surface area contributed by atoms with Gasteiger partial charge in [-0.2, -0.15) is 0 Å². The number of anilines is 2. The van der Waals surface area contributed by atoms with E-state index in [9.17, 15) is 0 Å². The van der Waals surface area contributed by atoms with E-state index in [0.29, 0.717) is 5.92 Å². The van der Waals surface area contributed by atoms with E-state index in [1.807, 2.05) is 0 Å². The highest BCUT2D eigenvalue weighted by molar-refractivity contribution is 5.51. The summed E-state index contributed by atoms with van der Waals surface area (Å²) in [5, 5.41) is 3.37. The summed E-state index contributed by atoms with van der Waals surface area (Å²) in [5.74, 6) is 5.68. The van der Waals surface area contributed by atoms with Gasteiger partial charge in [-0.25, -0.2) is 9.97 Å². The van der Waals surface area contributed by atoms with Gasteiger partial charge in [-0.15, -0.1) is 0 Å².